The summed E-state index contributed by atoms with van der Waals surface area (Å²) in [5.74, 6) is 0.742. The maximum absolute atomic E-state index is 13.5. The summed E-state index contributed by atoms with van der Waals surface area (Å²) in [5, 5.41) is 10.9. The SMILES string of the molecule is CCOC(=O)CCN(C(=O)c1ccc2c(c1)nc(CNC1=CCC(C(=N)N)C=C1)n2C)c1ccccn1. The van der Waals surface area contributed by atoms with E-state index in [4.69, 9.17) is 20.9 Å². The van der Waals surface area contributed by atoms with E-state index in [0.717, 1.165) is 17.0 Å². The van der Waals surface area contributed by atoms with Crippen molar-refractivity contribution in [3.05, 3.63) is 77.9 Å². The molecule has 10 nitrogen and oxygen atoms in total. The summed E-state index contributed by atoms with van der Waals surface area (Å²) in [4.78, 5) is 36.0. The number of nitrogens with one attached hydrogen (secondary N) is 2. The summed E-state index contributed by atoms with van der Waals surface area (Å²) in [5.41, 5.74) is 8.58. The van der Waals surface area contributed by atoms with Crippen LogP contribution in [0.4, 0.5) is 5.82 Å². The zero-order valence-corrected chi connectivity index (χ0v) is 21.0. The molecular formula is C27H31N7O3. The average molecular weight is 502 g/mol. The van der Waals surface area contributed by atoms with Crippen LogP contribution in [-0.4, -0.2) is 45.4 Å². The van der Waals surface area contributed by atoms with E-state index in [1.165, 1.54) is 4.90 Å². The Morgan fingerprint density at radius 1 is 1.30 bits per heavy atom. The van der Waals surface area contributed by atoms with Crippen molar-refractivity contribution in [1.82, 2.24) is 19.9 Å². The molecule has 4 rings (SSSR count). The first kappa shape index (κ1) is 25.6. The minimum atomic E-state index is -0.367. The van der Waals surface area contributed by atoms with Gasteiger partial charge in [-0.1, -0.05) is 18.2 Å². The van der Waals surface area contributed by atoms with E-state index in [9.17, 15) is 9.59 Å². The number of esters is 1. The predicted octanol–water partition coefficient (Wildman–Crippen LogP) is 3.05. The van der Waals surface area contributed by atoms with E-state index >= 15 is 0 Å². The number of rotatable bonds is 10. The van der Waals surface area contributed by atoms with Crippen molar-refractivity contribution in [2.75, 3.05) is 18.1 Å². The summed E-state index contributed by atoms with van der Waals surface area (Å²) in [6, 6.07) is 10.7. The van der Waals surface area contributed by atoms with Gasteiger partial charge in [-0.25, -0.2) is 9.97 Å². The van der Waals surface area contributed by atoms with Gasteiger partial charge in [0.25, 0.3) is 5.91 Å². The van der Waals surface area contributed by atoms with Gasteiger partial charge in [0.2, 0.25) is 0 Å². The highest BCUT2D eigenvalue weighted by Gasteiger charge is 2.21. The molecule has 2 aromatic heterocycles. The molecule has 1 aromatic carbocycles. The number of pyridine rings is 1. The standard InChI is InChI=1S/C27H31N7O3/c1-3-37-25(35)13-15-34(23-6-4-5-14-30-23)27(36)19-9-12-22-21(16-19)32-24(33(22)2)17-31-20-10-7-18(8-11-20)26(28)29/h4-7,9-12,14,16,18,31H,3,8,13,15,17H2,1-2H3,(H3,28,29). The average Bonchev–Trinajstić information content (AvgIpc) is 3.23. The molecule has 1 aliphatic carbocycles. The third-order valence-electron chi connectivity index (χ3n) is 6.19. The molecule has 0 bridgehead atoms. The lowest BCUT2D eigenvalue weighted by Crippen LogP contribution is -2.34. The van der Waals surface area contributed by atoms with Crippen LogP contribution in [0.15, 0.2) is 66.5 Å². The second-order valence-corrected chi connectivity index (χ2v) is 8.66. The number of carbonyl (C=O) groups excluding carboxylic acids is 2. The highest BCUT2D eigenvalue weighted by molar-refractivity contribution is 6.07. The van der Waals surface area contributed by atoms with Crippen molar-refractivity contribution in [1.29, 1.82) is 5.41 Å². The van der Waals surface area contributed by atoms with Gasteiger partial charge >= 0.3 is 5.97 Å². The lowest BCUT2D eigenvalue weighted by atomic mass is 9.98. The van der Waals surface area contributed by atoms with Crippen LogP contribution in [0.3, 0.4) is 0 Å². The zero-order valence-electron chi connectivity index (χ0n) is 21.0. The summed E-state index contributed by atoms with van der Waals surface area (Å²) in [6.07, 6.45) is 8.23. The first-order valence-corrected chi connectivity index (χ1v) is 12.2. The number of hydrogen-bond acceptors (Lipinski definition) is 7. The molecule has 37 heavy (non-hydrogen) atoms. The van der Waals surface area contributed by atoms with Crippen molar-refractivity contribution in [3.8, 4) is 0 Å². The van der Waals surface area contributed by atoms with E-state index < -0.39 is 0 Å². The van der Waals surface area contributed by atoms with Crippen LogP contribution >= 0.6 is 0 Å². The molecule has 1 atom stereocenters. The van der Waals surface area contributed by atoms with Crippen LogP contribution in [-0.2, 0) is 23.1 Å². The number of benzene rings is 1. The number of amides is 1. The Hall–Kier alpha value is -4.47. The molecule has 0 saturated heterocycles. The number of fused-ring (bicyclic) bond motifs is 1. The summed E-state index contributed by atoms with van der Waals surface area (Å²) < 4.78 is 7.02. The number of nitrogens with zero attached hydrogens (tertiary/aromatic N) is 4. The first-order chi connectivity index (χ1) is 17.9. The van der Waals surface area contributed by atoms with Crippen LogP contribution < -0.4 is 16.0 Å². The minimum absolute atomic E-state index is 0.0554. The molecule has 1 aliphatic rings. The molecule has 192 valence electrons. The molecule has 1 amide bonds. The Balaban J connectivity index is 1.52. The van der Waals surface area contributed by atoms with Crippen LogP contribution in [0.5, 0.6) is 0 Å². The third-order valence-corrected chi connectivity index (χ3v) is 6.19. The van der Waals surface area contributed by atoms with Gasteiger partial charge in [0.05, 0.1) is 36.4 Å². The number of allylic oxidation sites excluding steroid dienone is 2. The fourth-order valence-electron chi connectivity index (χ4n) is 4.13. The largest absolute Gasteiger partial charge is 0.466 e. The highest BCUT2D eigenvalue weighted by Crippen LogP contribution is 2.21. The maximum Gasteiger partial charge on any atom is 0.307 e. The van der Waals surface area contributed by atoms with E-state index in [-0.39, 0.29) is 43.2 Å². The Labute approximate surface area is 215 Å². The quantitative estimate of drug-likeness (QED) is 0.220. The summed E-state index contributed by atoms with van der Waals surface area (Å²) >= 11 is 0. The van der Waals surface area contributed by atoms with E-state index in [1.54, 1.807) is 43.5 Å². The number of ether oxygens (including phenoxy) is 1. The van der Waals surface area contributed by atoms with E-state index in [0.29, 0.717) is 29.9 Å². The summed E-state index contributed by atoms with van der Waals surface area (Å²) in [6.45, 7) is 2.68. The Morgan fingerprint density at radius 2 is 2.14 bits per heavy atom. The Bertz CT molecular complexity index is 1360. The molecule has 10 heteroatoms. The third kappa shape index (κ3) is 6.03. The van der Waals surface area contributed by atoms with Gasteiger partial charge in [0, 0.05) is 37.0 Å². The first-order valence-electron chi connectivity index (χ1n) is 12.2. The van der Waals surface area contributed by atoms with E-state index in [2.05, 4.69) is 10.3 Å². The molecule has 3 aromatic rings. The fraction of sp³-hybridized carbons (Fsp3) is 0.296. The number of aromatic nitrogens is 3. The highest BCUT2D eigenvalue weighted by atomic mass is 16.5. The zero-order chi connectivity index (χ0) is 26.4. The van der Waals surface area contributed by atoms with Crippen molar-refractivity contribution in [3.63, 3.8) is 0 Å². The smallest absolute Gasteiger partial charge is 0.307 e. The van der Waals surface area contributed by atoms with Gasteiger partial charge in [-0.15, -0.1) is 0 Å². The predicted molar refractivity (Wildman–Crippen MR) is 142 cm³/mol. The van der Waals surface area contributed by atoms with Gasteiger partial charge in [0.15, 0.2) is 0 Å². The van der Waals surface area contributed by atoms with Crippen LogP contribution in [0.1, 0.15) is 35.9 Å². The number of hydrogen-bond donors (Lipinski definition) is 3. The number of carbonyl (C=O) groups is 2. The molecule has 0 fully saturated rings. The van der Waals surface area contributed by atoms with Crippen LogP contribution in [0.25, 0.3) is 11.0 Å². The van der Waals surface area contributed by atoms with Gasteiger partial charge in [0.1, 0.15) is 11.6 Å². The lowest BCUT2D eigenvalue weighted by molar-refractivity contribution is -0.142. The number of amidine groups is 1. The molecule has 0 saturated carbocycles. The molecule has 0 spiro atoms. The Morgan fingerprint density at radius 3 is 2.81 bits per heavy atom. The molecule has 2 heterocycles. The Kier molecular flexibility index (Phi) is 7.97. The molecule has 0 radical (unpaired) electrons. The molecule has 4 N–H and O–H groups in total. The fourth-order valence-corrected chi connectivity index (χ4v) is 4.13. The molecule has 0 aliphatic heterocycles. The van der Waals surface area contributed by atoms with Gasteiger partial charge in [-0.3, -0.25) is 19.9 Å². The van der Waals surface area contributed by atoms with E-state index in [1.807, 2.05) is 35.9 Å². The molecular weight excluding hydrogens is 470 g/mol. The summed E-state index contributed by atoms with van der Waals surface area (Å²) in [7, 11) is 1.93. The monoisotopic (exact) mass is 501 g/mol. The molecule has 1 unspecified atom stereocenters. The van der Waals surface area contributed by atoms with Gasteiger partial charge < -0.3 is 20.4 Å². The van der Waals surface area contributed by atoms with Crippen molar-refractivity contribution >= 4 is 34.6 Å². The number of nitrogens with two attached hydrogens (primary N) is 1. The second-order valence-electron chi connectivity index (χ2n) is 8.66. The normalized spacial score (nSPS) is 14.8. The van der Waals surface area contributed by atoms with Crippen LogP contribution in [0.2, 0.25) is 0 Å². The van der Waals surface area contributed by atoms with Gasteiger partial charge in [-0.2, -0.15) is 0 Å². The number of anilines is 1. The number of aryl methyl sites for hydroxylation is 1. The second kappa shape index (κ2) is 11.5. The van der Waals surface area contributed by atoms with Gasteiger partial charge in [-0.05, 0) is 49.8 Å². The van der Waals surface area contributed by atoms with Crippen LogP contribution in [0, 0.1) is 11.3 Å². The lowest BCUT2D eigenvalue weighted by Gasteiger charge is -2.21. The van der Waals surface area contributed by atoms with Crippen molar-refractivity contribution in [2.45, 2.75) is 26.3 Å². The van der Waals surface area contributed by atoms with Crippen molar-refractivity contribution < 1.29 is 14.3 Å². The maximum atomic E-state index is 13.5. The number of imidazole rings is 1. The topological polar surface area (TPSA) is 139 Å². The minimum Gasteiger partial charge on any atom is -0.466 e. The van der Waals surface area contributed by atoms with Crippen molar-refractivity contribution in [2.24, 2.45) is 18.7 Å².